The summed E-state index contributed by atoms with van der Waals surface area (Å²) in [5, 5.41) is 3.11. The van der Waals surface area contributed by atoms with Gasteiger partial charge in [0.15, 0.2) is 0 Å². The van der Waals surface area contributed by atoms with Gasteiger partial charge in [0.1, 0.15) is 0 Å². The van der Waals surface area contributed by atoms with Crippen LogP contribution in [0.3, 0.4) is 0 Å². The third-order valence-electron chi connectivity index (χ3n) is 2.61. The molecule has 0 aromatic rings. The molecule has 1 aliphatic heterocycles. The summed E-state index contributed by atoms with van der Waals surface area (Å²) in [5.41, 5.74) is 5.95. The Labute approximate surface area is 81.0 Å². The van der Waals surface area contributed by atoms with E-state index in [2.05, 4.69) is 5.32 Å². The van der Waals surface area contributed by atoms with Gasteiger partial charge in [0.05, 0.1) is 0 Å². The Morgan fingerprint density at radius 3 is 3.15 bits per heavy atom. The number of nitrogens with two attached hydrogens (primary N) is 1. The van der Waals surface area contributed by atoms with E-state index >= 15 is 0 Å². The molecule has 0 unspecified atom stereocenters. The number of hydrogen-bond donors (Lipinski definition) is 2. The molecule has 1 fully saturated rings. The zero-order valence-electron chi connectivity index (χ0n) is 8.59. The number of ether oxygens (including phenoxy) is 1. The maximum absolute atomic E-state index is 5.95. The van der Waals surface area contributed by atoms with Crippen LogP contribution in [0.5, 0.6) is 0 Å². The van der Waals surface area contributed by atoms with Crippen LogP contribution in [0.2, 0.25) is 0 Å². The smallest absolute Gasteiger partial charge is 0.0494 e. The van der Waals surface area contributed by atoms with Crippen molar-refractivity contribution in [1.29, 1.82) is 0 Å². The topological polar surface area (TPSA) is 47.3 Å². The van der Waals surface area contributed by atoms with E-state index in [-0.39, 0.29) is 6.04 Å². The van der Waals surface area contributed by atoms with Crippen LogP contribution in [0, 0.1) is 5.92 Å². The van der Waals surface area contributed by atoms with E-state index in [9.17, 15) is 0 Å². The first kappa shape index (κ1) is 11.0. The van der Waals surface area contributed by atoms with Crippen molar-refractivity contribution in [1.82, 2.24) is 5.32 Å². The molecule has 0 aromatic heterocycles. The highest BCUT2D eigenvalue weighted by Crippen LogP contribution is 2.18. The molecule has 0 spiro atoms. The lowest BCUT2D eigenvalue weighted by Crippen LogP contribution is -2.34. The van der Waals surface area contributed by atoms with E-state index in [1.165, 1.54) is 19.3 Å². The summed E-state index contributed by atoms with van der Waals surface area (Å²) in [6, 6.07) is 0.289. The first-order chi connectivity index (χ1) is 6.33. The molecule has 0 amide bonds. The summed E-state index contributed by atoms with van der Waals surface area (Å²) >= 11 is 0. The predicted molar refractivity (Wildman–Crippen MR) is 54.7 cm³/mol. The van der Waals surface area contributed by atoms with Gasteiger partial charge in [0.25, 0.3) is 0 Å². The average molecular weight is 186 g/mol. The molecular weight excluding hydrogens is 164 g/mol. The van der Waals surface area contributed by atoms with Gasteiger partial charge in [-0.1, -0.05) is 6.42 Å². The Kier molecular flexibility index (Phi) is 5.35. The van der Waals surface area contributed by atoms with E-state index in [4.69, 9.17) is 10.5 Å². The molecule has 3 heteroatoms. The monoisotopic (exact) mass is 186 g/mol. The zero-order chi connectivity index (χ0) is 9.52. The molecule has 1 rings (SSSR count). The highest BCUT2D eigenvalue weighted by Gasteiger charge is 2.15. The van der Waals surface area contributed by atoms with Crippen LogP contribution in [0.1, 0.15) is 25.7 Å². The molecule has 0 bridgehead atoms. The summed E-state index contributed by atoms with van der Waals surface area (Å²) in [7, 11) is 1.95. The summed E-state index contributed by atoms with van der Waals surface area (Å²) in [6.07, 6.45) is 4.91. The van der Waals surface area contributed by atoms with E-state index in [1.807, 2.05) is 7.05 Å². The van der Waals surface area contributed by atoms with Crippen LogP contribution in [-0.4, -0.2) is 32.8 Å². The van der Waals surface area contributed by atoms with Gasteiger partial charge >= 0.3 is 0 Å². The van der Waals surface area contributed by atoms with Gasteiger partial charge in [0, 0.05) is 25.8 Å². The molecule has 78 valence electrons. The lowest BCUT2D eigenvalue weighted by molar-refractivity contribution is 0.110. The minimum absolute atomic E-state index is 0.289. The summed E-state index contributed by atoms with van der Waals surface area (Å²) < 4.78 is 5.51. The van der Waals surface area contributed by atoms with Gasteiger partial charge in [-0.15, -0.1) is 0 Å². The van der Waals surface area contributed by atoms with Crippen molar-refractivity contribution < 1.29 is 4.74 Å². The number of nitrogens with one attached hydrogen (secondary N) is 1. The molecule has 1 aliphatic rings. The number of hydrogen-bond acceptors (Lipinski definition) is 3. The van der Waals surface area contributed by atoms with Crippen LogP contribution in [0.4, 0.5) is 0 Å². The molecule has 1 saturated heterocycles. The molecule has 3 N–H and O–H groups in total. The summed E-state index contributed by atoms with van der Waals surface area (Å²) in [6.45, 7) is 2.77. The fourth-order valence-corrected chi connectivity index (χ4v) is 1.93. The SMILES string of the molecule is CNC[C@@H](N)C[C@H]1CCCCOC1. The van der Waals surface area contributed by atoms with E-state index in [1.54, 1.807) is 0 Å². The van der Waals surface area contributed by atoms with E-state index in [0.29, 0.717) is 5.92 Å². The molecule has 0 saturated carbocycles. The Balaban J connectivity index is 2.17. The van der Waals surface area contributed by atoms with E-state index in [0.717, 1.165) is 26.2 Å². The fraction of sp³-hybridized carbons (Fsp3) is 1.00. The van der Waals surface area contributed by atoms with Crippen molar-refractivity contribution in [2.75, 3.05) is 26.8 Å². The lowest BCUT2D eigenvalue weighted by Gasteiger charge is -2.18. The molecular formula is C10H22N2O. The summed E-state index contributed by atoms with van der Waals surface area (Å²) in [4.78, 5) is 0. The molecule has 2 atom stereocenters. The third kappa shape index (κ3) is 4.60. The second kappa shape index (κ2) is 6.35. The number of rotatable bonds is 4. The molecule has 3 nitrogen and oxygen atoms in total. The van der Waals surface area contributed by atoms with Crippen molar-refractivity contribution in [3.8, 4) is 0 Å². The highest BCUT2D eigenvalue weighted by atomic mass is 16.5. The van der Waals surface area contributed by atoms with Gasteiger partial charge in [-0.3, -0.25) is 0 Å². The molecule has 0 radical (unpaired) electrons. The molecule has 1 heterocycles. The van der Waals surface area contributed by atoms with Gasteiger partial charge in [-0.05, 0) is 32.2 Å². The zero-order valence-corrected chi connectivity index (χ0v) is 8.59. The molecule has 0 aromatic carbocycles. The van der Waals surface area contributed by atoms with Crippen LogP contribution >= 0.6 is 0 Å². The molecule has 0 aliphatic carbocycles. The van der Waals surface area contributed by atoms with E-state index < -0.39 is 0 Å². The van der Waals surface area contributed by atoms with Gasteiger partial charge in [-0.25, -0.2) is 0 Å². The first-order valence-corrected chi connectivity index (χ1v) is 5.31. The second-order valence-corrected chi connectivity index (χ2v) is 3.99. The fourth-order valence-electron chi connectivity index (χ4n) is 1.93. The standard InChI is InChI=1S/C10H22N2O/c1-12-7-10(11)6-9-4-2-3-5-13-8-9/h9-10,12H,2-8,11H2,1H3/t9-,10+/m1/s1. The largest absolute Gasteiger partial charge is 0.381 e. The Bertz CT molecular complexity index is 122. The van der Waals surface area contributed by atoms with Gasteiger partial charge < -0.3 is 15.8 Å². The molecule has 13 heavy (non-hydrogen) atoms. The predicted octanol–water partition coefficient (Wildman–Crippen LogP) is 0.740. The van der Waals surface area contributed by atoms with Crippen LogP contribution < -0.4 is 11.1 Å². The summed E-state index contributed by atoms with van der Waals surface area (Å²) in [5.74, 6) is 0.686. The number of likely N-dealkylation sites (N-methyl/N-ethyl adjacent to an activating group) is 1. The quantitative estimate of drug-likeness (QED) is 0.681. The Hall–Kier alpha value is -0.120. The maximum Gasteiger partial charge on any atom is 0.0494 e. The average Bonchev–Trinajstić information content (AvgIpc) is 2.33. The minimum atomic E-state index is 0.289. The van der Waals surface area contributed by atoms with Crippen molar-refractivity contribution >= 4 is 0 Å². The second-order valence-electron chi connectivity index (χ2n) is 3.99. The van der Waals surface area contributed by atoms with Crippen molar-refractivity contribution in [3.63, 3.8) is 0 Å². The van der Waals surface area contributed by atoms with Crippen LogP contribution in [-0.2, 0) is 4.74 Å². The first-order valence-electron chi connectivity index (χ1n) is 5.31. The normalized spacial score (nSPS) is 26.8. The van der Waals surface area contributed by atoms with Crippen LogP contribution in [0.25, 0.3) is 0 Å². The van der Waals surface area contributed by atoms with Gasteiger partial charge in [-0.2, -0.15) is 0 Å². The van der Waals surface area contributed by atoms with Crippen molar-refractivity contribution in [2.24, 2.45) is 11.7 Å². The van der Waals surface area contributed by atoms with Crippen molar-refractivity contribution in [2.45, 2.75) is 31.7 Å². The highest BCUT2D eigenvalue weighted by molar-refractivity contribution is 4.71. The third-order valence-corrected chi connectivity index (χ3v) is 2.61. The van der Waals surface area contributed by atoms with Crippen LogP contribution in [0.15, 0.2) is 0 Å². The maximum atomic E-state index is 5.95. The Morgan fingerprint density at radius 2 is 2.38 bits per heavy atom. The Morgan fingerprint density at radius 1 is 1.54 bits per heavy atom. The minimum Gasteiger partial charge on any atom is -0.381 e. The van der Waals surface area contributed by atoms with Crippen molar-refractivity contribution in [3.05, 3.63) is 0 Å². The van der Waals surface area contributed by atoms with Gasteiger partial charge in [0.2, 0.25) is 0 Å². The lowest BCUT2D eigenvalue weighted by atomic mass is 9.96.